The molecule has 0 bridgehead atoms. The molecule has 17 heteroatoms. The van der Waals surface area contributed by atoms with Crippen LogP contribution in [-0.2, 0) is 14.2 Å². The number of phenols is 3. The third-order valence-electron chi connectivity index (χ3n) is 7.87. The second-order valence-electron chi connectivity index (χ2n) is 10.7. The van der Waals surface area contributed by atoms with Crippen molar-refractivity contribution in [3.8, 4) is 45.8 Å². The third kappa shape index (κ3) is 5.76. The Morgan fingerprint density at radius 3 is 2.15 bits per heavy atom. The van der Waals surface area contributed by atoms with E-state index in [1.54, 1.807) is 0 Å². The molecular formula is C29H34O17. The smallest absolute Gasteiger partial charge is 0.235 e. The molecule has 46 heavy (non-hydrogen) atoms. The number of hydrogen-bond donors (Lipinski definition) is 9. The predicted molar refractivity (Wildman–Crippen MR) is 152 cm³/mol. The molecule has 252 valence electrons. The molecule has 2 fully saturated rings. The zero-order valence-corrected chi connectivity index (χ0v) is 24.6. The summed E-state index contributed by atoms with van der Waals surface area (Å²) in [6.45, 7) is 0.571. The van der Waals surface area contributed by atoms with Crippen molar-refractivity contribution >= 4 is 11.0 Å². The van der Waals surface area contributed by atoms with Gasteiger partial charge >= 0.3 is 0 Å². The van der Waals surface area contributed by atoms with Gasteiger partial charge in [0.2, 0.25) is 29.0 Å². The molecule has 0 unspecified atom stereocenters. The van der Waals surface area contributed by atoms with E-state index in [0.717, 1.165) is 6.07 Å². The van der Waals surface area contributed by atoms with Gasteiger partial charge in [0.05, 0.1) is 32.3 Å². The van der Waals surface area contributed by atoms with Gasteiger partial charge in [-0.05, 0) is 31.2 Å². The summed E-state index contributed by atoms with van der Waals surface area (Å²) in [5.41, 5.74) is -1.18. The van der Waals surface area contributed by atoms with Crippen molar-refractivity contribution in [1.29, 1.82) is 0 Å². The zero-order valence-electron chi connectivity index (χ0n) is 24.6. The summed E-state index contributed by atoms with van der Waals surface area (Å²) in [4.78, 5) is 13.5. The standard InChI is InChI=1S/C29H34O17/c1-9-16(32)20(36)23(39)28(42-9)46-27-22(38)19(35)15(8-30)44-29(27)43-14-7-11-17(33)26(41-3)24(45-25(11)21(37)18(14)34)10-4-5-13(40-2)12(31)6-10/h4-7,9,15-16,19-20,22-23,27-32,34-39H,8H2,1-3H3/t9-,15+,16-,19+,20+,22-,23+,27+,28-,29+/m0/s1. The SMILES string of the molecule is COc1ccc(-c2oc3c(O)c(O)c(O[C@@H]4O[C@H](CO)[C@@H](O)[C@H](O)[C@H]4O[C@@H]4O[C@@H](C)[C@H](O)[C@@H](O)[C@H]4O)cc3c(=O)c2OC)cc1O. The second-order valence-corrected chi connectivity index (χ2v) is 10.7. The van der Waals surface area contributed by atoms with Crippen LogP contribution in [0.5, 0.6) is 34.5 Å². The van der Waals surface area contributed by atoms with E-state index in [1.807, 2.05) is 0 Å². The number of fused-ring (bicyclic) bond motifs is 1. The molecule has 5 rings (SSSR count). The van der Waals surface area contributed by atoms with Crippen molar-refractivity contribution < 1.29 is 78.8 Å². The highest BCUT2D eigenvalue weighted by molar-refractivity contribution is 5.90. The van der Waals surface area contributed by atoms with Crippen LogP contribution in [0.4, 0.5) is 0 Å². The molecule has 0 radical (unpaired) electrons. The molecule has 0 saturated carbocycles. The van der Waals surface area contributed by atoms with E-state index in [9.17, 15) is 50.8 Å². The fraction of sp³-hybridized carbons (Fsp3) is 0.483. The third-order valence-corrected chi connectivity index (χ3v) is 7.87. The lowest BCUT2D eigenvalue weighted by molar-refractivity contribution is -0.354. The summed E-state index contributed by atoms with van der Waals surface area (Å²) >= 11 is 0. The van der Waals surface area contributed by atoms with Crippen LogP contribution in [-0.4, -0.2) is 128 Å². The van der Waals surface area contributed by atoms with Crippen molar-refractivity contribution in [2.24, 2.45) is 0 Å². The first-order valence-electron chi connectivity index (χ1n) is 13.9. The molecule has 0 spiro atoms. The van der Waals surface area contributed by atoms with E-state index in [0.29, 0.717) is 0 Å². The van der Waals surface area contributed by atoms with Gasteiger partial charge in [-0.3, -0.25) is 4.79 Å². The molecule has 2 saturated heterocycles. The van der Waals surface area contributed by atoms with Crippen LogP contribution < -0.4 is 19.6 Å². The fourth-order valence-corrected chi connectivity index (χ4v) is 5.26. The van der Waals surface area contributed by atoms with E-state index in [4.69, 9.17) is 32.8 Å². The first kappa shape index (κ1) is 33.5. The summed E-state index contributed by atoms with van der Waals surface area (Å²) in [5.74, 6) is -3.24. The minimum absolute atomic E-state index is 0.134. The van der Waals surface area contributed by atoms with Crippen molar-refractivity contribution in [3.63, 3.8) is 0 Å². The summed E-state index contributed by atoms with van der Waals surface area (Å²) < 4.78 is 38.4. The average molecular weight is 655 g/mol. The molecule has 2 aromatic carbocycles. The Morgan fingerprint density at radius 2 is 1.52 bits per heavy atom. The number of aliphatic hydroxyl groups is 6. The van der Waals surface area contributed by atoms with E-state index in [1.165, 1.54) is 39.3 Å². The molecule has 3 aromatic rings. The summed E-state index contributed by atoms with van der Waals surface area (Å²) in [6, 6.07) is 5.04. The summed E-state index contributed by atoms with van der Waals surface area (Å²) in [7, 11) is 2.52. The van der Waals surface area contributed by atoms with Gasteiger partial charge in [0.1, 0.15) is 36.6 Å². The minimum Gasteiger partial charge on any atom is -0.504 e. The van der Waals surface area contributed by atoms with Gasteiger partial charge in [-0.25, -0.2) is 0 Å². The number of rotatable bonds is 8. The monoisotopic (exact) mass is 654 g/mol. The van der Waals surface area contributed by atoms with Crippen LogP contribution in [0.15, 0.2) is 33.5 Å². The highest BCUT2D eigenvalue weighted by Crippen LogP contribution is 2.45. The molecule has 0 aliphatic carbocycles. The first-order valence-corrected chi connectivity index (χ1v) is 13.9. The Hall–Kier alpha value is -3.91. The molecule has 3 heterocycles. The minimum atomic E-state index is -1.88. The number of benzene rings is 2. The van der Waals surface area contributed by atoms with E-state index in [-0.39, 0.29) is 34.0 Å². The molecule has 10 atom stereocenters. The molecule has 2 aliphatic heterocycles. The number of methoxy groups -OCH3 is 2. The highest BCUT2D eigenvalue weighted by atomic mass is 16.8. The fourth-order valence-electron chi connectivity index (χ4n) is 5.26. The van der Waals surface area contributed by atoms with Crippen LogP contribution in [0.2, 0.25) is 0 Å². The lowest BCUT2D eigenvalue weighted by Gasteiger charge is -2.45. The van der Waals surface area contributed by atoms with Gasteiger partial charge in [-0.1, -0.05) is 0 Å². The van der Waals surface area contributed by atoms with Crippen LogP contribution in [0.25, 0.3) is 22.3 Å². The van der Waals surface area contributed by atoms with Gasteiger partial charge in [-0.2, -0.15) is 0 Å². The number of ether oxygens (including phenoxy) is 6. The van der Waals surface area contributed by atoms with Gasteiger partial charge in [0, 0.05) is 5.56 Å². The highest BCUT2D eigenvalue weighted by Gasteiger charge is 2.51. The normalized spacial score (nSPS) is 31.5. The Labute approximate surface area is 259 Å². The Balaban J connectivity index is 1.55. The van der Waals surface area contributed by atoms with Gasteiger partial charge in [-0.15, -0.1) is 0 Å². The zero-order chi connectivity index (χ0) is 33.6. The summed E-state index contributed by atoms with van der Waals surface area (Å²) in [5, 5.41) is 93.4. The molecule has 9 N–H and O–H groups in total. The van der Waals surface area contributed by atoms with Gasteiger partial charge < -0.3 is 78.8 Å². The summed E-state index contributed by atoms with van der Waals surface area (Å²) in [6.07, 6.45) is -16.4. The number of phenolic OH excluding ortho intramolecular Hbond substituents is 3. The quantitative estimate of drug-likeness (QED) is 0.127. The number of hydrogen-bond acceptors (Lipinski definition) is 17. The average Bonchev–Trinajstić information content (AvgIpc) is 3.04. The lowest BCUT2D eigenvalue weighted by Crippen LogP contribution is -2.64. The first-order chi connectivity index (χ1) is 21.8. The largest absolute Gasteiger partial charge is 0.504 e. The number of aliphatic hydroxyl groups excluding tert-OH is 6. The van der Waals surface area contributed by atoms with Gasteiger partial charge in [0.15, 0.2) is 41.0 Å². The van der Waals surface area contributed by atoms with Crippen molar-refractivity contribution in [2.45, 2.75) is 68.3 Å². The van der Waals surface area contributed by atoms with Crippen LogP contribution in [0.3, 0.4) is 0 Å². The Bertz CT molecular complexity index is 1620. The van der Waals surface area contributed by atoms with Crippen molar-refractivity contribution in [2.75, 3.05) is 20.8 Å². The van der Waals surface area contributed by atoms with Crippen molar-refractivity contribution in [1.82, 2.24) is 0 Å². The molecular weight excluding hydrogens is 620 g/mol. The Kier molecular flexibility index (Phi) is 9.50. The van der Waals surface area contributed by atoms with Crippen LogP contribution in [0, 0.1) is 0 Å². The molecule has 1 aromatic heterocycles. The maximum atomic E-state index is 13.5. The van der Waals surface area contributed by atoms with Crippen LogP contribution >= 0.6 is 0 Å². The van der Waals surface area contributed by atoms with Crippen LogP contribution in [0.1, 0.15) is 6.92 Å². The maximum absolute atomic E-state index is 13.5. The molecule has 17 nitrogen and oxygen atoms in total. The topological polar surface area (TPSA) is 268 Å². The maximum Gasteiger partial charge on any atom is 0.235 e. The Morgan fingerprint density at radius 1 is 0.804 bits per heavy atom. The molecule has 0 amide bonds. The van der Waals surface area contributed by atoms with Crippen molar-refractivity contribution in [3.05, 3.63) is 34.5 Å². The molecule has 2 aliphatic rings. The van der Waals surface area contributed by atoms with E-state index < -0.39 is 96.3 Å². The van der Waals surface area contributed by atoms with E-state index in [2.05, 4.69) is 0 Å². The lowest BCUT2D eigenvalue weighted by atomic mass is 9.97. The number of aromatic hydroxyl groups is 3. The van der Waals surface area contributed by atoms with Gasteiger partial charge in [0.25, 0.3) is 0 Å². The van der Waals surface area contributed by atoms with E-state index >= 15 is 0 Å². The predicted octanol–water partition coefficient (Wildman–Crippen LogP) is -1.38. The second kappa shape index (κ2) is 13.1.